The van der Waals surface area contributed by atoms with Crippen LogP contribution in [0.2, 0.25) is 0 Å². The summed E-state index contributed by atoms with van der Waals surface area (Å²) in [6.07, 6.45) is 0.927. The van der Waals surface area contributed by atoms with E-state index in [0.717, 1.165) is 19.5 Å². The molecule has 0 atom stereocenters. The van der Waals surface area contributed by atoms with Crippen LogP contribution >= 0.6 is 24.0 Å². The Morgan fingerprint density at radius 2 is 1.79 bits per heavy atom. The van der Waals surface area contributed by atoms with E-state index in [-0.39, 0.29) is 29.4 Å². The number of aliphatic imine (C=N–C) groups is 1. The van der Waals surface area contributed by atoms with E-state index in [4.69, 9.17) is 5.73 Å². The molecule has 0 saturated heterocycles. The summed E-state index contributed by atoms with van der Waals surface area (Å²) in [6, 6.07) is 8.76. The number of guanidine groups is 1. The first-order valence-corrected chi connectivity index (χ1v) is 6.56. The Morgan fingerprint density at radius 1 is 1.21 bits per heavy atom. The molecule has 0 aromatic heterocycles. The van der Waals surface area contributed by atoms with Gasteiger partial charge in [-0.05, 0) is 29.9 Å². The van der Waals surface area contributed by atoms with E-state index < -0.39 is 0 Å². The van der Waals surface area contributed by atoms with Crippen LogP contribution in [-0.4, -0.2) is 19.0 Å². The monoisotopic (exact) mass is 375 g/mol. The van der Waals surface area contributed by atoms with Gasteiger partial charge in [-0.25, -0.2) is 0 Å². The molecule has 3 nitrogen and oxygen atoms in total. The zero-order valence-electron chi connectivity index (χ0n) is 12.4. The highest BCUT2D eigenvalue weighted by Gasteiger charge is 2.12. The van der Waals surface area contributed by atoms with Crippen molar-refractivity contribution >= 4 is 29.9 Å². The summed E-state index contributed by atoms with van der Waals surface area (Å²) in [6.45, 7) is 10.2. The van der Waals surface area contributed by atoms with Gasteiger partial charge >= 0.3 is 0 Å². The molecule has 19 heavy (non-hydrogen) atoms. The zero-order chi connectivity index (χ0) is 13.6. The molecule has 1 aromatic rings. The highest BCUT2D eigenvalue weighted by molar-refractivity contribution is 14.0. The van der Waals surface area contributed by atoms with Crippen LogP contribution in [0.3, 0.4) is 0 Å². The first-order chi connectivity index (χ1) is 8.43. The van der Waals surface area contributed by atoms with Crippen LogP contribution in [-0.2, 0) is 11.8 Å². The lowest BCUT2D eigenvalue weighted by Gasteiger charge is -2.19. The van der Waals surface area contributed by atoms with Gasteiger partial charge < -0.3 is 11.1 Å². The number of benzene rings is 1. The second-order valence-electron chi connectivity index (χ2n) is 5.49. The molecule has 0 fully saturated rings. The highest BCUT2D eigenvalue weighted by Crippen LogP contribution is 2.22. The third-order valence-corrected chi connectivity index (χ3v) is 2.86. The number of rotatable bonds is 4. The van der Waals surface area contributed by atoms with Crippen molar-refractivity contribution in [2.24, 2.45) is 10.7 Å². The van der Waals surface area contributed by atoms with Crippen LogP contribution in [0.4, 0.5) is 0 Å². The summed E-state index contributed by atoms with van der Waals surface area (Å²) in [4.78, 5) is 4.26. The third-order valence-electron chi connectivity index (χ3n) is 2.86. The molecule has 0 aliphatic carbocycles. The Labute approximate surface area is 134 Å². The highest BCUT2D eigenvalue weighted by atomic mass is 127. The summed E-state index contributed by atoms with van der Waals surface area (Å²) < 4.78 is 0. The molecule has 0 bridgehead atoms. The minimum absolute atomic E-state index is 0. The molecule has 1 rings (SSSR count). The smallest absolute Gasteiger partial charge is 0.188 e. The molecule has 3 N–H and O–H groups in total. The summed E-state index contributed by atoms with van der Waals surface area (Å²) in [5.41, 5.74) is 8.55. The molecular weight excluding hydrogens is 349 g/mol. The van der Waals surface area contributed by atoms with Crippen LogP contribution in [0.15, 0.2) is 29.3 Å². The standard InChI is InChI=1S/C15H25N3.HI/c1-5-17-14(16)18-11-10-12-6-8-13(9-7-12)15(2,3)4;/h6-9H,5,10-11H2,1-4H3,(H3,16,17,18);1H. The van der Waals surface area contributed by atoms with Gasteiger partial charge in [-0.1, -0.05) is 45.0 Å². The summed E-state index contributed by atoms with van der Waals surface area (Å²) in [5, 5.41) is 2.99. The average Bonchev–Trinajstić information content (AvgIpc) is 2.29. The first kappa shape index (κ1) is 18.2. The van der Waals surface area contributed by atoms with Gasteiger partial charge in [0.05, 0.1) is 0 Å². The summed E-state index contributed by atoms with van der Waals surface area (Å²) in [7, 11) is 0. The van der Waals surface area contributed by atoms with Crippen molar-refractivity contribution in [3.8, 4) is 0 Å². The lowest BCUT2D eigenvalue weighted by atomic mass is 9.86. The van der Waals surface area contributed by atoms with Crippen molar-refractivity contribution < 1.29 is 0 Å². The van der Waals surface area contributed by atoms with Crippen LogP contribution in [0.1, 0.15) is 38.8 Å². The number of halogens is 1. The fourth-order valence-corrected chi connectivity index (χ4v) is 1.71. The normalized spacial score (nSPS) is 11.9. The quantitative estimate of drug-likeness (QED) is 0.483. The van der Waals surface area contributed by atoms with Gasteiger partial charge in [-0.3, -0.25) is 4.99 Å². The van der Waals surface area contributed by atoms with Crippen LogP contribution < -0.4 is 11.1 Å². The SMILES string of the molecule is CCNC(N)=NCCc1ccc(C(C)(C)C)cc1.I. The second kappa shape index (κ2) is 8.40. The molecule has 0 amide bonds. The Kier molecular flexibility index (Phi) is 8.06. The molecule has 0 saturated carbocycles. The number of nitrogens with two attached hydrogens (primary N) is 1. The van der Waals surface area contributed by atoms with Crippen molar-refractivity contribution in [2.45, 2.75) is 39.5 Å². The Balaban J connectivity index is 0.00000324. The van der Waals surface area contributed by atoms with Gasteiger partial charge in [0.1, 0.15) is 0 Å². The number of nitrogens with zero attached hydrogens (tertiary/aromatic N) is 1. The molecular formula is C15H26IN3. The van der Waals surface area contributed by atoms with Gasteiger partial charge in [0.2, 0.25) is 0 Å². The molecule has 0 unspecified atom stereocenters. The van der Waals surface area contributed by atoms with E-state index in [1.54, 1.807) is 0 Å². The van der Waals surface area contributed by atoms with Crippen molar-refractivity contribution in [2.75, 3.05) is 13.1 Å². The number of hydrogen-bond donors (Lipinski definition) is 2. The minimum Gasteiger partial charge on any atom is -0.370 e. The molecule has 0 spiro atoms. The van der Waals surface area contributed by atoms with E-state index in [0.29, 0.717) is 5.96 Å². The summed E-state index contributed by atoms with van der Waals surface area (Å²) >= 11 is 0. The minimum atomic E-state index is 0. The van der Waals surface area contributed by atoms with Crippen molar-refractivity contribution in [1.29, 1.82) is 0 Å². The molecule has 1 aromatic carbocycles. The van der Waals surface area contributed by atoms with Crippen LogP contribution in [0.5, 0.6) is 0 Å². The number of nitrogens with one attached hydrogen (secondary N) is 1. The van der Waals surface area contributed by atoms with E-state index in [2.05, 4.69) is 55.3 Å². The van der Waals surface area contributed by atoms with Gasteiger partial charge in [-0.2, -0.15) is 0 Å². The molecule has 0 heterocycles. The van der Waals surface area contributed by atoms with Crippen molar-refractivity contribution in [3.63, 3.8) is 0 Å². The largest absolute Gasteiger partial charge is 0.370 e. The fraction of sp³-hybridized carbons (Fsp3) is 0.533. The third kappa shape index (κ3) is 6.80. The van der Waals surface area contributed by atoms with Gasteiger partial charge in [0.25, 0.3) is 0 Å². The maximum absolute atomic E-state index is 5.67. The van der Waals surface area contributed by atoms with Crippen molar-refractivity contribution in [1.82, 2.24) is 5.32 Å². The Hall–Kier alpha value is -0.780. The first-order valence-electron chi connectivity index (χ1n) is 6.56. The fourth-order valence-electron chi connectivity index (χ4n) is 1.71. The molecule has 0 radical (unpaired) electrons. The van der Waals surface area contributed by atoms with E-state index in [1.807, 2.05) is 6.92 Å². The van der Waals surface area contributed by atoms with E-state index in [9.17, 15) is 0 Å². The maximum atomic E-state index is 5.67. The van der Waals surface area contributed by atoms with Crippen LogP contribution in [0, 0.1) is 0 Å². The summed E-state index contributed by atoms with van der Waals surface area (Å²) in [5.74, 6) is 0.531. The zero-order valence-corrected chi connectivity index (χ0v) is 14.7. The molecule has 4 heteroatoms. The Bertz CT molecular complexity index is 391. The molecule has 0 aliphatic heterocycles. The predicted octanol–water partition coefficient (Wildman–Crippen LogP) is 3.07. The Morgan fingerprint density at radius 3 is 2.26 bits per heavy atom. The van der Waals surface area contributed by atoms with E-state index >= 15 is 0 Å². The van der Waals surface area contributed by atoms with Gasteiger partial charge in [0, 0.05) is 13.1 Å². The maximum Gasteiger partial charge on any atom is 0.188 e. The molecule has 108 valence electrons. The number of hydrogen-bond acceptors (Lipinski definition) is 1. The van der Waals surface area contributed by atoms with E-state index in [1.165, 1.54) is 11.1 Å². The second-order valence-corrected chi connectivity index (χ2v) is 5.49. The lowest BCUT2D eigenvalue weighted by molar-refractivity contribution is 0.590. The van der Waals surface area contributed by atoms with Gasteiger partial charge in [-0.15, -0.1) is 24.0 Å². The molecule has 0 aliphatic rings. The topological polar surface area (TPSA) is 50.4 Å². The lowest BCUT2D eigenvalue weighted by Crippen LogP contribution is -2.31. The van der Waals surface area contributed by atoms with Crippen LogP contribution in [0.25, 0.3) is 0 Å². The average molecular weight is 375 g/mol. The van der Waals surface area contributed by atoms with Crippen molar-refractivity contribution in [3.05, 3.63) is 35.4 Å². The predicted molar refractivity (Wildman–Crippen MR) is 94.4 cm³/mol. The van der Waals surface area contributed by atoms with Gasteiger partial charge in [0.15, 0.2) is 5.96 Å².